The molecule has 10 nitrogen and oxygen atoms in total. The molecule has 5 heterocycles. The van der Waals surface area contributed by atoms with E-state index in [1.807, 2.05) is 30.3 Å². The van der Waals surface area contributed by atoms with Crippen LogP contribution in [0.25, 0.3) is 33.5 Å². The van der Waals surface area contributed by atoms with E-state index in [1.165, 1.54) is 6.07 Å². The van der Waals surface area contributed by atoms with Crippen LogP contribution < -0.4 is 4.74 Å². The lowest BCUT2D eigenvalue weighted by atomic mass is 10.1. The number of aromatic nitrogens is 3. The number of halogens is 1. The maximum Gasteiger partial charge on any atom is 0.198 e. The largest absolute Gasteiger partial charge is 0.470 e. The Bertz CT molecular complexity index is 1790. The molecule has 0 amide bonds. The molecule has 4 aromatic rings. The van der Waals surface area contributed by atoms with E-state index < -0.39 is 48.0 Å². The SMILES string of the molecule is C[Si](C)(C)CCOCn1c(O[C@@H]2CO[C@H]3[C@@H]2OC[C@H]3O)cc2nc(-c3ccc(-c4ccc(N=S(C)(C)=O)cn4)cc3)c(F)cc21. The lowest BCUT2D eigenvalue weighted by Crippen LogP contribution is -2.35. The van der Waals surface area contributed by atoms with Gasteiger partial charge in [0, 0.05) is 60.2 Å². The second-order valence-corrected chi connectivity index (χ2v) is 21.2. The molecule has 2 saturated heterocycles. The van der Waals surface area contributed by atoms with Gasteiger partial charge in [-0.2, -0.15) is 4.36 Å². The van der Waals surface area contributed by atoms with Crippen LogP contribution in [0.15, 0.2) is 59.1 Å². The van der Waals surface area contributed by atoms with Crippen molar-refractivity contribution < 1.29 is 32.7 Å². The topological polar surface area (TPSA) is 117 Å². The van der Waals surface area contributed by atoms with E-state index >= 15 is 4.39 Å². The Hall–Kier alpha value is -3.20. The number of aliphatic hydroxyl groups excluding tert-OH is 1. The van der Waals surface area contributed by atoms with Crippen LogP contribution in [0.4, 0.5) is 10.1 Å². The first kappa shape index (κ1) is 31.8. The van der Waals surface area contributed by atoms with Gasteiger partial charge in [-0.25, -0.2) is 13.6 Å². The fraction of sp³-hybridized carbons (Fsp3) is 0.438. The Labute approximate surface area is 263 Å². The van der Waals surface area contributed by atoms with Crippen LogP contribution in [-0.2, 0) is 30.7 Å². The van der Waals surface area contributed by atoms with Crippen LogP contribution in [0, 0.1) is 5.82 Å². The average molecular weight is 655 g/mol. The third kappa shape index (κ3) is 7.29. The summed E-state index contributed by atoms with van der Waals surface area (Å²) in [5.74, 6) is 0.00134. The molecule has 2 aliphatic rings. The van der Waals surface area contributed by atoms with Gasteiger partial charge in [-0.3, -0.25) is 9.55 Å². The van der Waals surface area contributed by atoms with Crippen LogP contribution in [0.2, 0.25) is 25.7 Å². The van der Waals surface area contributed by atoms with Gasteiger partial charge >= 0.3 is 0 Å². The lowest BCUT2D eigenvalue weighted by molar-refractivity contribution is 0.00479. The van der Waals surface area contributed by atoms with Crippen LogP contribution in [0.1, 0.15) is 0 Å². The zero-order chi connectivity index (χ0) is 31.9. The van der Waals surface area contributed by atoms with Gasteiger partial charge in [0.15, 0.2) is 17.8 Å². The number of hydrogen-bond donors (Lipinski definition) is 1. The minimum absolute atomic E-state index is 0.177. The third-order valence-corrected chi connectivity index (χ3v) is 10.2. The zero-order valence-electron chi connectivity index (χ0n) is 26.1. The van der Waals surface area contributed by atoms with E-state index in [0.717, 1.165) is 11.6 Å². The number of hydrogen-bond acceptors (Lipinski definition) is 9. The first-order valence-corrected chi connectivity index (χ1v) is 21.0. The van der Waals surface area contributed by atoms with Crippen molar-refractivity contribution in [3.63, 3.8) is 0 Å². The van der Waals surface area contributed by atoms with Crippen LogP contribution in [-0.4, -0.2) is 88.7 Å². The molecule has 45 heavy (non-hydrogen) atoms. The highest BCUT2D eigenvalue weighted by Crippen LogP contribution is 2.34. The minimum Gasteiger partial charge on any atom is -0.470 e. The highest BCUT2D eigenvalue weighted by Gasteiger charge is 2.48. The molecule has 2 fully saturated rings. The second kappa shape index (κ2) is 12.5. The molecule has 2 aliphatic heterocycles. The van der Waals surface area contributed by atoms with Gasteiger partial charge in [0.25, 0.3) is 0 Å². The van der Waals surface area contributed by atoms with E-state index in [0.29, 0.717) is 40.5 Å². The summed E-state index contributed by atoms with van der Waals surface area (Å²) in [4.78, 5) is 9.16. The van der Waals surface area contributed by atoms with E-state index in [2.05, 4.69) is 29.0 Å². The summed E-state index contributed by atoms with van der Waals surface area (Å²) in [6.45, 7) is 8.10. The van der Waals surface area contributed by atoms with Gasteiger partial charge < -0.3 is 24.1 Å². The van der Waals surface area contributed by atoms with Gasteiger partial charge in [0.05, 0.1) is 41.8 Å². The number of pyridine rings is 2. The summed E-state index contributed by atoms with van der Waals surface area (Å²) >= 11 is 0. The number of nitrogens with zero attached hydrogens (tertiary/aromatic N) is 4. The monoisotopic (exact) mass is 654 g/mol. The normalized spacial score (nSPS) is 21.8. The fourth-order valence-electron chi connectivity index (χ4n) is 5.46. The van der Waals surface area contributed by atoms with Gasteiger partial charge in [0.2, 0.25) is 0 Å². The predicted molar refractivity (Wildman–Crippen MR) is 174 cm³/mol. The number of rotatable bonds is 10. The quantitative estimate of drug-likeness (QED) is 0.177. The number of ether oxygens (including phenoxy) is 4. The van der Waals surface area contributed by atoms with E-state index in [4.69, 9.17) is 23.9 Å². The molecule has 6 rings (SSSR count). The Morgan fingerprint density at radius 1 is 1.07 bits per heavy atom. The van der Waals surface area contributed by atoms with Crippen molar-refractivity contribution in [2.75, 3.05) is 32.3 Å². The van der Waals surface area contributed by atoms with Crippen molar-refractivity contribution in [2.24, 2.45) is 4.36 Å². The summed E-state index contributed by atoms with van der Waals surface area (Å²) in [6, 6.07) is 15.2. The molecule has 0 spiro atoms. The third-order valence-electron chi connectivity index (χ3n) is 7.80. The number of aliphatic hydroxyl groups is 1. The van der Waals surface area contributed by atoms with E-state index in [1.54, 1.807) is 35.4 Å². The second-order valence-electron chi connectivity index (χ2n) is 13.1. The molecule has 0 saturated carbocycles. The van der Waals surface area contributed by atoms with Gasteiger partial charge in [0.1, 0.15) is 30.7 Å². The van der Waals surface area contributed by atoms with Crippen LogP contribution in [0.5, 0.6) is 5.88 Å². The molecule has 0 aliphatic carbocycles. The summed E-state index contributed by atoms with van der Waals surface area (Å²) in [5, 5.41) is 10.2. The Kier molecular flexibility index (Phi) is 8.85. The molecule has 1 N–H and O–H groups in total. The Balaban J connectivity index is 1.27. The standard InChI is InChI=1S/C32H39FN4O6SSi/c1-44(2,39)36-22-10-11-24(34-16-22)20-6-8-21(9-7-20)30-23(33)14-26-25(35-30)15-29(37(26)19-40-12-13-45(3,4)5)43-28-18-42-31-27(38)17-41-32(28)31/h6-11,14-16,27-28,31-32,38H,12-13,17-19H2,1-5H3/t27-,28-,31-,32-/m1/s1. The summed E-state index contributed by atoms with van der Waals surface area (Å²) in [7, 11) is -3.58. The predicted octanol–water partition coefficient (Wildman–Crippen LogP) is 5.48. The van der Waals surface area contributed by atoms with Gasteiger partial charge in [-0.15, -0.1) is 0 Å². The molecule has 0 bridgehead atoms. The highest BCUT2D eigenvalue weighted by atomic mass is 32.2. The smallest absolute Gasteiger partial charge is 0.198 e. The zero-order valence-corrected chi connectivity index (χ0v) is 27.9. The van der Waals surface area contributed by atoms with Crippen molar-refractivity contribution >= 4 is 34.5 Å². The molecule has 0 radical (unpaired) electrons. The first-order chi connectivity index (χ1) is 21.3. The molecule has 1 aromatic carbocycles. The molecule has 4 atom stereocenters. The van der Waals surface area contributed by atoms with Gasteiger partial charge in [-0.1, -0.05) is 43.9 Å². The summed E-state index contributed by atoms with van der Waals surface area (Å²) < 4.78 is 57.6. The maximum atomic E-state index is 15.7. The Morgan fingerprint density at radius 3 is 2.49 bits per heavy atom. The molecule has 13 heteroatoms. The van der Waals surface area contributed by atoms with Crippen LogP contribution >= 0.6 is 0 Å². The van der Waals surface area contributed by atoms with Crippen molar-refractivity contribution in [2.45, 2.75) is 56.8 Å². The van der Waals surface area contributed by atoms with Crippen molar-refractivity contribution in [3.05, 3.63) is 60.5 Å². The summed E-state index contributed by atoms with van der Waals surface area (Å²) in [6.07, 6.45) is 2.80. The van der Waals surface area contributed by atoms with E-state index in [9.17, 15) is 9.32 Å². The maximum absolute atomic E-state index is 15.7. The molecule has 3 aromatic heterocycles. The fourth-order valence-corrected chi connectivity index (χ4v) is 6.83. The average Bonchev–Trinajstić information content (AvgIpc) is 3.65. The van der Waals surface area contributed by atoms with Crippen molar-refractivity contribution in [3.8, 4) is 28.4 Å². The molecular formula is C32H39FN4O6SSi. The first-order valence-electron chi connectivity index (χ1n) is 14.9. The van der Waals surface area contributed by atoms with E-state index in [-0.39, 0.29) is 25.6 Å². The minimum atomic E-state index is -2.28. The van der Waals surface area contributed by atoms with Crippen molar-refractivity contribution in [1.82, 2.24) is 14.5 Å². The highest BCUT2D eigenvalue weighted by molar-refractivity contribution is 7.92. The lowest BCUT2D eigenvalue weighted by Gasteiger charge is -2.20. The number of fused-ring (bicyclic) bond motifs is 2. The Morgan fingerprint density at radius 2 is 1.80 bits per heavy atom. The molecule has 240 valence electrons. The van der Waals surface area contributed by atoms with Gasteiger partial charge in [-0.05, 0) is 18.2 Å². The van der Waals surface area contributed by atoms with Crippen molar-refractivity contribution in [1.29, 1.82) is 0 Å². The molecule has 0 unspecified atom stereocenters. The summed E-state index contributed by atoms with van der Waals surface area (Å²) in [5.41, 5.74) is 4.05. The number of benzene rings is 1. The van der Waals surface area contributed by atoms with Crippen LogP contribution in [0.3, 0.4) is 0 Å². The molecular weight excluding hydrogens is 616 g/mol.